The van der Waals surface area contributed by atoms with Gasteiger partial charge in [0.15, 0.2) is 5.65 Å². The SMILES string of the molecule is Cc1nn(C)c2ncc(CNc3c(F)cccc3Br)cc12. The number of aryl methyl sites for hydroxylation is 2. The van der Waals surface area contributed by atoms with Gasteiger partial charge in [-0.15, -0.1) is 0 Å². The Morgan fingerprint density at radius 3 is 2.95 bits per heavy atom. The van der Waals surface area contributed by atoms with Crippen LogP contribution in [-0.4, -0.2) is 14.8 Å². The zero-order chi connectivity index (χ0) is 15.0. The molecular weight excluding hydrogens is 335 g/mol. The van der Waals surface area contributed by atoms with Gasteiger partial charge in [0.25, 0.3) is 0 Å². The number of hydrogen-bond acceptors (Lipinski definition) is 3. The van der Waals surface area contributed by atoms with Gasteiger partial charge in [0.05, 0.1) is 11.4 Å². The zero-order valence-corrected chi connectivity index (χ0v) is 13.3. The molecule has 0 unspecified atom stereocenters. The van der Waals surface area contributed by atoms with Crippen LogP contribution in [0.3, 0.4) is 0 Å². The number of rotatable bonds is 3. The first-order valence-corrected chi connectivity index (χ1v) is 7.31. The zero-order valence-electron chi connectivity index (χ0n) is 11.7. The molecule has 0 saturated carbocycles. The summed E-state index contributed by atoms with van der Waals surface area (Å²) < 4.78 is 16.2. The van der Waals surface area contributed by atoms with Crippen LogP contribution in [0.15, 0.2) is 34.9 Å². The van der Waals surface area contributed by atoms with Crippen LogP contribution in [0, 0.1) is 12.7 Å². The molecular formula is C15H14BrFN4. The first kappa shape index (κ1) is 14.0. The van der Waals surface area contributed by atoms with Crippen molar-refractivity contribution in [1.29, 1.82) is 0 Å². The third-order valence-corrected chi connectivity index (χ3v) is 4.01. The lowest BCUT2D eigenvalue weighted by molar-refractivity contribution is 0.629. The summed E-state index contributed by atoms with van der Waals surface area (Å²) in [5.41, 5.74) is 3.23. The van der Waals surface area contributed by atoms with Crippen molar-refractivity contribution in [3.63, 3.8) is 0 Å². The van der Waals surface area contributed by atoms with E-state index in [0.29, 0.717) is 16.7 Å². The minimum absolute atomic E-state index is 0.282. The van der Waals surface area contributed by atoms with E-state index in [2.05, 4.69) is 31.3 Å². The van der Waals surface area contributed by atoms with Crippen molar-refractivity contribution >= 4 is 32.7 Å². The minimum atomic E-state index is -0.282. The molecule has 108 valence electrons. The largest absolute Gasteiger partial charge is 0.378 e. The molecule has 0 aliphatic carbocycles. The molecule has 0 fully saturated rings. The van der Waals surface area contributed by atoms with E-state index in [1.807, 2.05) is 20.0 Å². The second-order valence-electron chi connectivity index (χ2n) is 4.87. The summed E-state index contributed by atoms with van der Waals surface area (Å²) in [6, 6.07) is 6.93. The van der Waals surface area contributed by atoms with Gasteiger partial charge in [0.2, 0.25) is 0 Å². The monoisotopic (exact) mass is 348 g/mol. The van der Waals surface area contributed by atoms with Crippen molar-refractivity contribution in [2.24, 2.45) is 7.05 Å². The molecule has 0 amide bonds. The number of hydrogen-bond donors (Lipinski definition) is 1. The lowest BCUT2D eigenvalue weighted by atomic mass is 10.2. The van der Waals surface area contributed by atoms with Crippen molar-refractivity contribution in [2.45, 2.75) is 13.5 Å². The Morgan fingerprint density at radius 2 is 2.19 bits per heavy atom. The second kappa shape index (κ2) is 5.44. The van der Waals surface area contributed by atoms with Crippen molar-refractivity contribution in [1.82, 2.24) is 14.8 Å². The molecule has 0 atom stereocenters. The maximum atomic E-state index is 13.8. The van der Waals surface area contributed by atoms with Gasteiger partial charge in [0.1, 0.15) is 5.82 Å². The van der Waals surface area contributed by atoms with Crippen LogP contribution in [-0.2, 0) is 13.6 Å². The Bertz CT molecular complexity index is 793. The van der Waals surface area contributed by atoms with E-state index in [1.54, 1.807) is 23.0 Å². The van der Waals surface area contributed by atoms with Crippen LogP contribution in [0.5, 0.6) is 0 Å². The summed E-state index contributed by atoms with van der Waals surface area (Å²) in [7, 11) is 1.87. The van der Waals surface area contributed by atoms with Crippen molar-refractivity contribution in [2.75, 3.05) is 5.32 Å². The quantitative estimate of drug-likeness (QED) is 0.782. The molecule has 3 rings (SSSR count). The summed E-state index contributed by atoms with van der Waals surface area (Å²) in [5.74, 6) is -0.282. The van der Waals surface area contributed by atoms with Crippen LogP contribution >= 0.6 is 15.9 Å². The predicted molar refractivity (Wildman–Crippen MR) is 84.7 cm³/mol. The highest BCUT2D eigenvalue weighted by molar-refractivity contribution is 9.10. The van der Waals surface area contributed by atoms with Gasteiger partial charge in [-0.25, -0.2) is 9.37 Å². The van der Waals surface area contributed by atoms with Gasteiger partial charge in [-0.3, -0.25) is 4.68 Å². The Kier molecular flexibility index (Phi) is 3.63. The molecule has 21 heavy (non-hydrogen) atoms. The third kappa shape index (κ3) is 2.63. The molecule has 1 aromatic carbocycles. The molecule has 0 saturated heterocycles. The van der Waals surface area contributed by atoms with E-state index >= 15 is 0 Å². The lowest BCUT2D eigenvalue weighted by Crippen LogP contribution is -2.03. The molecule has 6 heteroatoms. The van der Waals surface area contributed by atoms with Crippen LogP contribution < -0.4 is 5.32 Å². The topological polar surface area (TPSA) is 42.7 Å². The summed E-state index contributed by atoms with van der Waals surface area (Å²) in [5, 5.41) is 8.46. The molecule has 3 aromatic rings. The number of pyridine rings is 1. The maximum absolute atomic E-state index is 13.8. The van der Waals surface area contributed by atoms with E-state index in [9.17, 15) is 4.39 Å². The summed E-state index contributed by atoms with van der Waals surface area (Å²) in [6.07, 6.45) is 1.78. The second-order valence-corrected chi connectivity index (χ2v) is 5.73. The smallest absolute Gasteiger partial charge is 0.157 e. The number of para-hydroxylation sites is 1. The molecule has 0 spiro atoms. The van der Waals surface area contributed by atoms with Crippen molar-refractivity contribution in [3.8, 4) is 0 Å². The number of benzene rings is 1. The van der Waals surface area contributed by atoms with E-state index in [1.165, 1.54) is 6.07 Å². The Labute approximate surface area is 130 Å². The summed E-state index contributed by atoms with van der Waals surface area (Å²) >= 11 is 3.34. The number of halogens is 2. The number of nitrogens with one attached hydrogen (secondary N) is 1. The fourth-order valence-corrected chi connectivity index (χ4v) is 2.79. The van der Waals surface area contributed by atoms with Crippen LogP contribution in [0.4, 0.5) is 10.1 Å². The lowest BCUT2D eigenvalue weighted by Gasteiger charge is -2.09. The van der Waals surface area contributed by atoms with Crippen LogP contribution in [0.2, 0.25) is 0 Å². The molecule has 0 aliphatic heterocycles. The van der Waals surface area contributed by atoms with E-state index in [0.717, 1.165) is 22.3 Å². The summed E-state index contributed by atoms with van der Waals surface area (Å²) in [4.78, 5) is 4.41. The number of nitrogens with zero attached hydrogens (tertiary/aromatic N) is 3. The van der Waals surface area contributed by atoms with Gasteiger partial charge in [-0.1, -0.05) is 6.07 Å². The van der Waals surface area contributed by atoms with Gasteiger partial charge in [0, 0.05) is 29.6 Å². The number of anilines is 1. The van der Waals surface area contributed by atoms with E-state index in [4.69, 9.17) is 0 Å². The third-order valence-electron chi connectivity index (χ3n) is 3.35. The average Bonchev–Trinajstić information content (AvgIpc) is 2.73. The molecule has 1 N–H and O–H groups in total. The Hall–Kier alpha value is -1.95. The van der Waals surface area contributed by atoms with Gasteiger partial charge in [-0.2, -0.15) is 5.10 Å². The molecule has 0 aliphatic rings. The van der Waals surface area contributed by atoms with Gasteiger partial charge >= 0.3 is 0 Å². The molecule has 0 bridgehead atoms. The molecule has 2 aromatic heterocycles. The van der Waals surface area contributed by atoms with Crippen LogP contribution in [0.25, 0.3) is 11.0 Å². The predicted octanol–water partition coefficient (Wildman–Crippen LogP) is 3.79. The van der Waals surface area contributed by atoms with Crippen molar-refractivity contribution in [3.05, 3.63) is 52.0 Å². The Balaban J connectivity index is 1.87. The fraction of sp³-hybridized carbons (Fsp3) is 0.200. The average molecular weight is 349 g/mol. The molecule has 0 radical (unpaired) electrons. The first-order chi connectivity index (χ1) is 10.1. The first-order valence-electron chi connectivity index (χ1n) is 6.52. The van der Waals surface area contributed by atoms with Crippen molar-refractivity contribution < 1.29 is 4.39 Å². The summed E-state index contributed by atoms with van der Waals surface area (Å²) in [6.45, 7) is 2.45. The highest BCUT2D eigenvalue weighted by Crippen LogP contribution is 2.26. The fourth-order valence-electron chi connectivity index (χ4n) is 2.30. The maximum Gasteiger partial charge on any atom is 0.157 e. The highest BCUT2D eigenvalue weighted by Gasteiger charge is 2.09. The standard InChI is InChI=1S/C15H14BrFN4/c1-9-11-6-10(8-19-15(11)21(2)20-9)7-18-14-12(16)4-3-5-13(14)17/h3-6,8,18H,7H2,1-2H3. The Morgan fingerprint density at radius 1 is 1.38 bits per heavy atom. The molecule has 2 heterocycles. The van der Waals surface area contributed by atoms with E-state index in [-0.39, 0.29) is 5.82 Å². The normalized spacial score (nSPS) is 11.0. The minimum Gasteiger partial charge on any atom is -0.378 e. The van der Waals surface area contributed by atoms with E-state index < -0.39 is 0 Å². The number of fused-ring (bicyclic) bond motifs is 1. The van der Waals surface area contributed by atoms with Gasteiger partial charge < -0.3 is 5.32 Å². The highest BCUT2D eigenvalue weighted by atomic mass is 79.9. The molecule has 4 nitrogen and oxygen atoms in total. The van der Waals surface area contributed by atoms with Gasteiger partial charge in [-0.05, 0) is 46.6 Å². The van der Waals surface area contributed by atoms with Crippen LogP contribution in [0.1, 0.15) is 11.3 Å². The number of aromatic nitrogens is 3.